The van der Waals surface area contributed by atoms with Crippen molar-refractivity contribution < 1.29 is 4.74 Å². The minimum absolute atomic E-state index is 0.0225. The SMILES string of the molecule is Cc1cccc(C(C)(C)COCC(C)(C)c2cccc(C)c2)c1. The number of hydrogen-bond donors (Lipinski definition) is 0. The lowest BCUT2D eigenvalue weighted by atomic mass is 9.83. The summed E-state index contributed by atoms with van der Waals surface area (Å²) >= 11 is 0. The van der Waals surface area contributed by atoms with E-state index in [1.54, 1.807) is 0 Å². The molecule has 0 fully saturated rings. The van der Waals surface area contributed by atoms with Crippen molar-refractivity contribution in [3.05, 3.63) is 70.8 Å². The van der Waals surface area contributed by atoms with Crippen LogP contribution < -0.4 is 0 Å². The summed E-state index contributed by atoms with van der Waals surface area (Å²) in [5.41, 5.74) is 5.33. The topological polar surface area (TPSA) is 9.23 Å². The molecule has 0 heterocycles. The summed E-state index contributed by atoms with van der Waals surface area (Å²) in [7, 11) is 0. The van der Waals surface area contributed by atoms with E-state index in [9.17, 15) is 0 Å². The van der Waals surface area contributed by atoms with Crippen LogP contribution in [-0.4, -0.2) is 13.2 Å². The third kappa shape index (κ3) is 4.68. The van der Waals surface area contributed by atoms with Gasteiger partial charge in [0.2, 0.25) is 0 Å². The van der Waals surface area contributed by atoms with Crippen molar-refractivity contribution in [3.8, 4) is 0 Å². The van der Waals surface area contributed by atoms with E-state index in [2.05, 4.69) is 90.1 Å². The van der Waals surface area contributed by atoms with Crippen molar-refractivity contribution in [2.24, 2.45) is 0 Å². The first-order valence-corrected chi connectivity index (χ1v) is 8.43. The van der Waals surface area contributed by atoms with Crippen molar-refractivity contribution in [1.82, 2.24) is 0 Å². The zero-order valence-corrected chi connectivity index (χ0v) is 15.4. The van der Waals surface area contributed by atoms with Crippen LogP contribution in [0, 0.1) is 13.8 Å². The normalized spacial score (nSPS) is 12.4. The first-order chi connectivity index (χ1) is 10.7. The molecule has 0 N–H and O–H groups in total. The second-order valence-electron chi connectivity index (χ2n) is 8.00. The highest BCUT2D eigenvalue weighted by molar-refractivity contribution is 5.29. The van der Waals surface area contributed by atoms with Crippen LogP contribution in [0.3, 0.4) is 0 Å². The van der Waals surface area contributed by atoms with Crippen LogP contribution in [0.4, 0.5) is 0 Å². The number of ether oxygens (including phenoxy) is 1. The van der Waals surface area contributed by atoms with Gasteiger partial charge >= 0.3 is 0 Å². The van der Waals surface area contributed by atoms with Crippen LogP contribution in [0.25, 0.3) is 0 Å². The molecule has 0 aliphatic heterocycles. The van der Waals surface area contributed by atoms with Crippen molar-refractivity contribution >= 4 is 0 Å². The third-order valence-electron chi connectivity index (χ3n) is 4.52. The Kier molecular flexibility index (Phi) is 5.31. The number of hydrogen-bond acceptors (Lipinski definition) is 1. The molecule has 1 nitrogen and oxygen atoms in total. The fraction of sp³-hybridized carbons (Fsp3) is 0.455. The van der Waals surface area contributed by atoms with Gasteiger partial charge < -0.3 is 4.74 Å². The van der Waals surface area contributed by atoms with Gasteiger partial charge in [-0.1, -0.05) is 87.4 Å². The molecule has 2 aromatic carbocycles. The molecule has 1 heteroatoms. The highest BCUT2D eigenvalue weighted by Gasteiger charge is 2.25. The van der Waals surface area contributed by atoms with Gasteiger partial charge in [0.15, 0.2) is 0 Å². The average Bonchev–Trinajstić information content (AvgIpc) is 2.47. The van der Waals surface area contributed by atoms with E-state index in [-0.39, 0.29) is 10.8 Å². The van der Waals surface area contributed by atoms with Crippen LogP contribution in [0.2, 0.25) is 0 Å². The number of rotatable bonds is 6. The van der Waals surface area contributed by atoms with E-state index in [4.69, 9.17) is 4.74 Å². The molecular weight excluding hydrogens is 280 g/mol. The van der Waals surface area contributed by atoms with E-state index in [0.717, 1.165) is 13.2 Å². The lowest BCUT2D eigenvalue weighted by molar-refractivity contribution is 0.0633. The predicted molar refractivity (Wildman–Crippen MR) is 99.2 cm³/mol. The monoisotopic (exact) mass is 310 g/mol. The molecule has 2 rings (SSSR count). The maximum Gasteiger partial charge on any atom is 0.0558 e. The third-order valence-corrected chi connectivity index (χ3v) is 4.52. The second kappa shape index (κ2) is 6.88. The molecule has 0 spiro atoms. The lowest BCUT2D eigenvalue weighted by Gasteiger charge is -2.30. The van der Waals surface area contributed by atoms with Crippen molar-refractivity contribution in [2.75, 3.05) is 13.2 Å². The molecule has 0 bridgehead atoms. The highest BCUT2D eigenvalue weighted by Crippen LogP contribution is 2.28. The molecule has 0 aliphatic rings. The zero-order valence-electron chi connectivity index (χ0n) is 15.4. The standard InChI is InChI=1S/C22H30O/c1-17-9-7-11-19(13-17)21(3,4)15-23-16-22(5,6)20-12-8-10-18(2)14-20/h7-14H,15-16H2,1-6H3. The minimum atomic E-state index is 0.0225. The molecule has 0 saturated carbocycles. The van der Waals surface area contributed by atoms with Gasteiger partial charge in [0.1, 0.15) is 0 Å². The summed E-state index contributed by atoms with van der Waals surface area (Å²) in [6.07, 6.45) is 0. The summed E-state index contributed by atoms with van der Waals surface area (Å²) in [4.78, 5) is 0. The Morgan fingerprint density at radius 3 is 1.43 bits per heavy atom. The largest absolute Gasteiger partial charge is 0.380 e. The van der Waals surface area contributed by atoms with Gasteiger partial charge in [0.25, 0.3) is 0 Å². The molecule has 0 aromatic heterocycles. The van der Waals surface area contributed by atoms with Gasteiger partial charge in [-0.15, -0.1) is 0 Å². The maximum atomic E-state index is 6.15. The molecule has 0 saturated heterocycles. The van der Waals surface area contributed by atoms with Crippen LogP contribution in [0.5, 0.6) is 0 Å². The van der Waals surface area contributed by atoms with Gasteiger partial charge in [0, 0.05) is 10.8 Å². The van der Waals surface area contributed by atoms with E-state index >= 15 is 0 Å². The second-order valence-corrected chi connectivity index (χ2v) is 8.00. The fourth-order valence-electron chi connectivity index (χ4n) is 2.86. The molecule has 0 amide bonds. The Labute approximate surface area is 141 Å². The lowest BCUT2D eigenvalue weighted by Crippen LogP contribution is -2.30. The Morgan fingerprint density at radius 1 is 0.696 bits per heavy atom. The smallest absolute Gasteiger partial charge is 0.0558 e. The summed E-state index contributed by atoms with van der Waals surface area (Å²) < 4.78 is 6.15. The van der Waals surface area contributed by atoms with Crippen LogP contribution in [-0.2, 0) is 15.6 Å². The first-order valence-electron chi connectivity index (χ1n) is 8.43. The van der Waals surface area contributed by atoms with Crippen LogP contribution in [0.1, 0.15) is 49.9 Å². The number of aryl methyl sites for hydroxylation is 2. The minimum Gasteiger partial charge on any atom is -0.380 e. The molecule has 124 valence electrons. The quantitative estimate of drug-likeness (QED) is 0.677. The Morgan fingerprint density at radius 2 is 1.09 bits per heavy atom. The van der Waals surface area contributed by atoms with Crippen LogP contribution >= 0.6 is 0 Å². The fourth-order valence-corrected chi connectivity index (χ4v) is 2.86. The zero-order chi connectivity index (χ0) is 17.1. The summed E-state index contributed by atoms with van der Waals surface area (Å²) in [6.45, 7) is 14.7. The van der Waals surface area contributed by atoms with Crippen LogP contribution in [0.15, 0.2) is 48.5 Å². The van der Waals surface area contributed by atoms with E-state index < -0.39 is 0 Å². The molecule has 23 heavy (non-hydrogen) atoms. The van der Waals surface area contributed by atoms with Crippen molar-refractivity contribution in [1.29, 1.82) is 0 Å². The Hall–Kier alpha value is -1.60. The molecular formula is C22H30O. The van der Waals surface area contributed by atoms with Gasteiger partial charge in [-0.25, -0.2) is 0 Å². The van der Waals surface area contributed by atoms with Gasteiger partial charge in [-0.2, -0.15) is 0 Å². The van der Waals surface area contributed by atoms with E-state index in [1.165, 1.54) is 22.3 Å². The average molecular weight is 310 g/mol. The molecule has 2 aromatic rings. The summed E-state index contributed by atoms with van der Waals surface area (Å²) in [5.74, 6) is 0. The van der Waals surface area contributed by atoms with Crippen molar-refractivity contribution in [3.63, 3.8) is 0 Å². The Balaban J connectivity index is 2.00. The van der Waals surface area contributed by atoms with Crippen molar-refractivity contribution in [2.45, 2.75) is 52.4 Å². The highest BCUT2D eigenvalue weighted by atomic mass is 16.5. The molecule has 0 unspecified atom stereocenters. The molecule has 0 atom stereocenters. The Bertz CT molecular complexity index is 595. The molecule has 0 radical (unpaired) electrons. The van der Waals surface area contributed by atoms with Gasteiger partial charge in [-0.3, -0.25) is 0 Å². The van der Waals surface area contributed by atoms with E-state index in [1.807, 2.05) is 0 Å². The van der Waals surface area contributed by atoms with Gasteiger partial charge in [-0.05, 0) is 25.0 Å². The molecule has 0 aliphatic carbocycles. The van der Waals surface area contributed by atoms with Gasteiger partial charge in [0.05, 0.1) is 13.2 Å². The first kappa shape index (κ1) is 17.7. The summed E-state index contributed by atoms with van der Waals surface area (Å²) in [5, 5.41) is 0. The number of benzene rings is 2. The summed E-state index contributed by atoms with van der Waals surface area (Å²) in [6, 6.07) is 17.4. The van der Waals surface area contributed by atoms with E-state index in [0.29, 0.717) is 0 Å². The maximum absolute atomic E-state index is 6.15. The predicted octanol–water partition coefficient (Wildman–Crippen LogP) is 5.58.